The summed E-state index contributed by atoms with van der Waals surface area (Å²) >= 11 is 0. The summed E-state index contributed by atoms with van der Waals surface area (Å²) in [4.78, 5) is 11.4. The van der Waals surface area contributed by atoms with E-state index in [1.165, 1.54) is 19.3 Å². The Morgan fingerprint density at radius 2 is 2.00 bits per heavy atom. The summed E-state index contributed by atoms with van der Waals surface area (Å²) in [5, 5.41) is 2.76. The van der Waals surface area contributed by atoms with Gasteiger partial charge in [0, 0.05) is 6.20 Å². The lowest BCUT2D eigenvalue weighted by Crippen LogP contribution is -2.33. The molecule has 60 valence electrons. The molecular weight excluding hydrogens is 138 g/mol. The number of nitrogens with one attached hydrogen (secondary N) is 1. The first-order valence-electron chi connectivity index (χ1n) is 4.32. The molecule has 2 heteroatoms. The van der Waals surface area contributed by atoms with Crippen molar-refractivity contribution in [2.24, 2.45) is 5.41 Å². The summed E-state index contributed by atoms with van der Waals surface area (Å²) in [6.45, 7) is 0. The minimum absolute atomic E-state index is 0.0990. The SMILES string of the molecule is O=C1NC=CC12CCCCC2. The van der Waals surface area contributed by atoms with Crippen LogP contribution in [0.4, 0.5) is 0 Å². The lowest BCUT2D eigenvalue weighted by molar-refractivity contribution is -0.127. The minimum Gasteiger partial charge on any atom is -0.332 e. The highest BCUT2D eigenvalue weighted by atomic mass is 16.2. The number of amides is 1. The lowest BCUT2D eigenvalue weighted by atomic mass is 9.74. The molecule has 0 bridgehead atoms. The highest BCUT2D eigenvalue weighted by Crippen LogP contribution is 2.39. The summed E-state index contributed by atoms with van der Waals surface area (Å²) in [6.07, 6.45) is 9.66. The topological polar surface area (TPSA) is 29.1 Å². The molecule has 0 aromatic heterocycles. The van der Waals surface area contributed by atoms with Crippen LogP contribution in [0.5, 0.6) is 0 Å². The van der Waals surface area contributed by atoms with Crippen LogP contribution in [-0.4, -0.2) is 5.91 Å². The van der Waals surface area contributed by atoms with Gasteiger partial charge in [-0.2, -0.15) is 0 Å². The van der Waals surface area contributed by atoms with E-state index in [0.717, 1.165) is 12.8 Å². The summed E-state index contributed by atoms with van der Waals surface area (Å²) in [5.74, 6) is 0.220. The Kier molecular flexibility index (Phi) is 1.48. The van der Waals surface area contributed by atoms with Gasteiger partial charge in [0.15, 0.2) is 0 Å². The molecule has 0 aromatic rings. The second-order valence-electron chi connectivity index (χ2n) is 3.52. The van der Waals surface area contributed by atoms with Crippen LogP contribution in [0, 0.1) is 5.41 Å². The average molecular weight is 151 g/mol. The van der Waals surface area contributed by atoms with E-state index in [0.29, 0.717) is 0 Å². The summed E-state index contributed by atoms with van der Waals surface area (Å²) < 4.78 is 0. The number of hydrogen-bond donors (Lipinski definition) is 1. The Morgan fingerprint density at radius 3 is 2.55 bits per heavy atom. The zero-order chi connectivity index (χ0) is 7.73. The Balaban J connectivity index is 2.18. The van der Waals surface area contributed by atoms with Gasteiger partial charge in [-0.05, 0) is 12.8 Å². The van der Waals surface area contributed by atoms with Gasteiger partial charge in [-0.15, -0.1) is 0 Å². The highest BCUT2D eigenvalue weighted by molar-refractivity contribution is 5.88. The van der Waals surface area contributed by atoms with E-state index in [2.05, 4.69) is 11.4 Å². The van der Waals surface area contributed by atoms with E-state index in [9.17, 15) is 4.79 Å². The Bertz CT molecular complexity index is 202. The van der Waals surface area contributed by atoms with Gasteiger partial charge in [0.25, 0.3) is 0 Å². The van der Waals surface area contributed by atoms with Crippen LogP contribution in [0.15, 0.2) is 12.3 Å². The quantitative estimate of drug-likeness (QED) is 0.559. The smallest absolute Gasteiger partial charge is 0.234 e. The largest absolute Gasteiger partial charge is 0.332 e. The van der Waals surface area contributed by atoms with Crippen molar-refractivity contribution in [3.63, 3.8) is 0 Å². The van der Waals surface area contributed by atoms with E-state index in [-0.39, 0.29) is 11.3 Å². The van der Waals surface area contributed by atoms with Crippen LogP contribution >= 0.6 is 0 Å². The third-order valence-electron chi connectivity index (χ3n) is 2.81. The molecule has 1 spiro atoms. The van der Waals surface area contributed by atoms with Gasteiger partial charge in [0.1, 0.15) is 0 Å². The Morgan fingerprint density at radius 1 is 1.27 bits per heavy atom. The van der Waals surface area contributed by atoms with E-state index < -0.39 is 0 Å². The molecule has 0 aromatic carbocycles. The van der Waals surface area contributed by atoms with Crippen LogP contribution in [0.2, 0.25) is 0 Å². The Hall–Kier alpha value is -0.790. The molecule has 0 radical (unpaired) electrons. The first-order valence-corrected chi connectivity index (χ1v) is 4.32. The number of hydrogen-bond acceptors (Lipinski definition) is 1. The van der Waals surface area contributed by atoms with Gasteiger partial charge in [-0.3, -0.25) is 4.79 Å². The summed E-state index contributed by atoms with van der Waals surface area (Å²) in [6, 6.07) is 0. The maximum atomic E-state index is 11.4. The van der Waals surface area contributed by atoms with Crippen molar-refractivity contribution in [3.8, 4) is 0 Å². The number of rotatable bonds is 0. The fourth-order valence-corrected chi connectivity index (χ4v) is 2.07. The number of carbonyl (C=O) groups excluding carboxylic acids is 1. The molecule has 1 heterocycles. The molecule has 0 saturated heterocycles. The molecule has 2 rings (SSSR count). The maximum Gasteiger partial charge on any atom is 0.234 e. The van der Waals surface area contributed by atoms with Crippen LogP contribution in [0.25, 0.3) is 0 Å². The van der Waals surface area contributed by atoms with Crippen LogP contribution in [-0.2, 0) is 4.79 Å². The normalized spacial score (nSPS) is 27.5. The van der Waals surface area contributed by atoms with Gasteiger partial charge < -0.3 is 5.32 Å². The third-order valence-corrected chi connectivity index (χ3v) is 2.81. The summed E-state index contributed by atoms with van der Waals surface area (Å²) in [5.41, 5.74) is -0.0990. The molecule has 1 aliphatic carbocycles. The predicted octanol–water partition coefficient (Wildman–Crippen LogP) is 1.58. The Labute approximate surface area is 66.7 Å². The monoisotopic (exact) mass is 151 g/mol. The van der Waals surface area contributed by atoms with Crippen molar-refractivity contribution in [1.29, 1.82) is 0 Å². The predicted molar refractivity (Wildman–Crippen MR) is 42.8 cm³/mol. The van der Waals surface area contributed by atoms with E-state index >= 15 is 0 Å². The fraction of sp³-hybridized carbons (Fsp3) is 0.667. The molecule has 1 amide bonds. The van der Waals surface area contributed by atoms with Gasteiger partial charge in [0.05, 0.1) is 5.41 Å². The molecule has 1 saturated carbocycles. The standard InChI is InChI=1S/C9H13NO/c11-8-9(6-7-10-8)4-2-1-3-5-9/h6-7H,1-5H2,(H,10,11). The molecule has 1 N–H and O–H groups in total. The van der Waals surface area contributed by atoms with Crippen molar-refractivity contribution in [2.75, 3.05) is 0 Å². The van der Waals surface area contributed by atoms with E-state index in [4.69, 9.17) is 0 Å². The van der Waals surface area contributed by atoms with Gasteiger partial charge in [-0.1, -0.05) is 25.3 Å². The van der Waals surface area contributed by atoms with Gasteiger partial charge in [0.2, 0.25) is 5.91 Å². The molecule has 2 aliphatic rings. The number of carbonyl (C=O) groups is 1. The molecule has 0 unspecified atom stereocenters. The maximum absolute atomic E-state index is 11.4. The molecule has 2 nitrogen and oxygen atoms in total. The summed E-state index contributed by atoms with van der Waals surface area (Å²) in [7, 11) is 0. The molecular formula is C9H13NO. The molecule has 0 atom stereocenters. The van der Waals surface area contributed by atoms with E-state index in [1.54, 1.807) is 6.20 Å². The van der Waals surface area contributed by atoms with Crippen LogP contribution < -0.4 is 5.32 Å². The average Bonchev–Trinajstić information content (AvgIpc) is 2.36. The van der Waals surface area contributed by atoms with Crippen LogP contribution in [0.3, 0.4) is 0 Å². The minimum atomic E-state index is -0.0990. The zero-order valence-corrected chi connectivity index (χ0v) is 6.60. The van der Waals surface area contributed by atoms with Crippen molar-refractivity contribution in [1.82, 2.24) is 5.32 Å². The fourth-order valence-electron chi connectivity index (χ4n) is 2.07. The van der Waals surface area contributed by atoms with Crippen molar-refractivity contribution >= 4 is 5.91 Å². The first-order chi connectivity index (χ1) is 5.33. The first kappa shape index (κ1) is 6.89. The molecule has 1 aliphatic heterocycles. The van der Waals surface area contributed by atoms with E-state index in [1.807, 2.05) is 0 Å². The zero-order valence-electron chi connectivity index (χ0n) is 6.60. The second kappa shape index (κ2) is 2.36. The van der Waals surface area contributed by atoms with Crippen molar-refractivity contribution < 1.29 is 4.79 Å². The third kappa shape index (κ3) is 0.971. The van der Waals surface area contributed by atoms with Crippen molar-refractivity contribution in [3.05, 3.63) is 12.3 Å². The second-order valence-corrected chi connectivity index (χ2v) is 3.52. The van der Waals surface area contributed by atoms with Crippen molar-refractivity contribution in [2.45, 2.75) is 32.1 Å². The molecule has 11 heavy (non-hydrogen) atoms. The van der Waals surface area contributed by atoms with Gasteiger partial charge >= 0.3 is 0 Å². The lowest BCUT2D eigenvalue weighted by Gasteiger charge is -2.28. The highest BCUT2D eigenvalue weighted by Gasteiger charge is 2.39. The van der Waals surface area contributed by atoms with Crippen LogP contribution in [0.1, 0.15) is 32.1 Å². The molecule has 1 fully saturated rings. The van der Waals surface area contributed by atoms with Gasteiger partial charge in [-0.25, -0.2) is 0 Å².